The monoisotopic (exact) mass is 348 g/mol. The molecular formula is C17H21ClN4O2. The zero-order valence-corrected chi connectivity index (χ0v) is 14.3. The molecule has 2 aromatic rings. The van der Waals surface area contributed by atoms with Gasteiger partial charge in [0, 0.05) is 17.6 Å². The number of nitrogens with one attached hydrogen (secondary N) is 1. The molecule has 0 aliphatic carbocycles. The van der Waals surface area contributed by atoms with Crippen LogP contribution in [0.5, 0.6) is 0 Å². The minimum Gasteiger partial charge on any atom is -0.394 e. The summed E-state index contributed by atoms with van der Waals surface area (Å²) in [5.74, 6) is 0.936. The Bertz CT molecular complexity index is 701. The Balaban J connectivity index is 1.69. The van der Waals surface area contributed by atoms with Crippen molar-refractivity contribution in [2.45, 2.75) is 25.9 Å². The summed E-state index contributed by atoms with van der Waals surface area (Å²) < 4.78 is 1.73. The van der Waals surface area contributed by atoms with Crippen LogP contribution in [-0.4, -0.2) is 45.0 Å². The predicted molar refractivity (Wildman–Crippen MR) is 93.2 cm³/mol. The predicted octanol–water partition coefficient (Wildman–Crippen LogP) is 2.82. The van der Waals surface area contributed by atoms with Crippen LogP contribution in [-0.2, 0) is 6.54 Å². The summed E-state index contributed by atoms with van der Waals surface area (Å²) in [6.45, 7) is 3.24. The number of halogens is 1. The van der Waals surface area contributed by atoms with E-state index >= 15 is 0 Å². The Hall–Kier alpha value is -2.05. The average Bonchev–Trinajstić information content (AvgIpc) is 3.16. The van der Waals surface area contributed by atoms with Crippen molar-refractivity contribution in [3.63, 3.8) is 0 Å². The Morgan fingerprint density at radius 2 is 2.12 bits per heavy atom. The second-order valence-corrected chi connectivity index (χ2v) is 6.58. The quantitative estimate of drug-likeness (QED) is 0.892. The Morgan fingerprint density at radius 1 is 1.38 bits per heavy atom. The van der Waals surface area contributed by atoms with Gasteiger partial charge < -0.3 is 10.0 Å². The van der Waals surface area contributed by atoms with E-state index in [1.54, 1.807) is 21.8 Å². The number of nitrogens with zero attached hydrogens (tertiary/aromatic N) is 3. The highest BCUT2D eigenvalue weighted by Gasteiger charge is 2.34. The molecule has 128 valence electrons. The van der Waals surface area contributed by atoms with E-state index < -0.39 is 0 Å². The first-order chi connectivity index (χ1) is 11.6. The van der Waals surface area contributed by atoms with Gasteiger partial charge in [-0.3, -0.25) is 5.32 Å². The maximum absolute atomic E-state index is 12.5. The lowest BCUT2D eigenvalue weighted by molar-refractivity contribution is 0.152. The van der Waals surface area contributed by atoms with Crippen LogP contribution in [0.4, 0.5) is 10.6 Å². The van der Waals surface area contributed by atoms with Crippen molar-refractivity contribution in [3.05, 3.63) is 47.1 Å². The van der Waals surface area contributed by atoms with Crippen molar-refractivity contribution >= 4 is 23.4 Å². The van der Waals surface area contributed by atoms with Crippen molar-refractivity contribution in [1.29, 1.82) is 0 Å². The van der Waals surface area contributed by atoms with Crippen molar-refractivity contribution < 1.29 is 9.90 Å². The summed E-state index contributed by atoms with van der Waals surface area (Å²) in [5, 5.41) is 17.4. The second-order valence-electron chi connectivity index (χ2n) is 6.14. The largest absolute Gasteiger partial charge is 0.394 e. The van der Waals surface area contributed by atoms with Gasteiger partial charge in [0.15, 0.2) is 0 Å². The minimum atomic E-state index is -0.198. The van der Waals surface area contributed by atoms with Crippen LogP contribution in [0.15, 0.2) is 36.5 Å². The lowest BCUT2D eigenvalue weighted by atomic mass is 10.0. The first-order valence-electron chi connectivity index (χ1n) is 8.03. The van der Waals surface area contributed by atoms with Gasteiger partial charge in [0.2, 0.25) is 0 Å². The van der Waals surface area contributed by atoms with E-state index in [1.165, 1.54) is 0 Å². The number of hydrogen-bond donors (Lipinski definition) is 2. The highest BCUT2D eigenvalue weighted by molar-refractivity contribution is 6.30. The molecule has 3 rings (SSSR count). The molecule has 2 heterocycles. The van der Waals surface area contributed by atoms with Gasteiger partial charge in [-0.15, -0.1) is 0 Å². The number of aliphatic hydroxyl groups is 1. The first kappa shape index (κ1) is 16.8. The molecule has 1 saturated heterocycles. The van der Waals surface area contributed by atoms with Crippen molar-refractivity contribution in [2.75, 3.05) is 18.5 Å². The van der Waals surface area contributed by atoms with Crippen LogP contribution in [0, 0.1) is 5.92 Å². The number of carbonyl (C=O) groups is 1. The topological polar surface area (TPSA) is 70.4 Å². The molecule has 7 heteroatoms. The lowest BCUT2D eigenvalue weighted by Crippen LogP contribution is -2.42. The van der Waals surface area contributed by atoms with E-state index in [4.69, 9.17) is 11.6 Å². The third-order valence-corrected chi connectivity index (χ3v) is 4.78. The van der Waals surface area contributed by atoms with Crippen LogP contribution in [0.1, 0.15) is 18.9 Å². The molecule has 24 heavy (non-hydrogen) atoms. The van der Waals surface area contributed by atoms with Crippen molar-refractivity contribution in [1.82, 2.24) is 14.7 Å². The molecule has 0 bridgehead atoms. The highest BCUT2D eigenvalue weighted by atomic mass is 35.5. The smallest absolute Gasteiger partial charge is 0.323 e. The van der Waals surface area contributed by atoms with E-state index in [2.05, 4.69) is 17.3 Å². The van der Waals surface area contributed by atoms with Gasteiger partial charge in [-0.25, -0.2) is 9.48 Å². The van der Waals surface area contributed by atoms with Crippen LogP contribution >= 0.6 is 11.6 Å². The standard InChI is InChI=1S/C17H21ClN4O2/c1-12-7-9-21(15(12)11-23)17(24)20-16-6-8-19-22(16)10-13-2-4-14(18)5-3-13/h2-6,8,12,15,23H,7,9-11H2,1H3,(H,20,24). The van der Waals surface area contributed by atoms with Gasteiger partial charge in [-0.05, 0) is 30.0 Å². The van der Waals surface area contributed by atoms with Crippen LogP contribution < -0.4 is 5.32 Å². The number of carbonyl (C=O) groups excluding carboxylic acids is 1. The molecule has 1 aliphatic rings. The number of hydrogen-bond acceptors (Lipinski definition) is 3. The zero-order valence-electron chi connectivity index (χ0n) is 13.5. The molecule has 0 saturated carbocycles. The minimum absolute atomic E-state index is 0.0153. The zero-order chi connectivity index (χ0) is 17.1. The molecule has 6 nitrogen and oxygen atoms in total. The third kappa shape index (κ3) is 3.55. The molecule has 0 radical (unpaired) electrons. The summed E-state index contributed by atoms with van der Waals surface area (Å²) in [5.41, 5.74) is 1.04. The molecule has 1 aliphatic heterocycles. The molecule has 0 spiro atoms. The molecular weight excluding hydrogens is 328 g/mol. The fraction of sp³-hybridized carbons (Fsp3) is 0.412. The van der Waals surface area contributed by atoms with Gasteiger partial charge in [0.05, 0.1) is 25.4 Å². The van der Waals surface area contributed by atoms with Crippen molar-refractivity contribution in [3.8, 4) is 0 Å². The van der Waals surface area contributed by atoms with E-state index in [0.29, 0.717) is 29.8 Å². The Morgan fingerprint density at radius 3 is 2.83 bits per heavy atom. The summed E-state index contributed by atoms with van der Waals surface area (Å²) in [6, 6.07) is 8.96. The van der Waals surface area contributed by atoms with Gasteiger partial charge in [0.25, 0.3) is 0 Å². The number of anilines is 1. The van der Waals surface area contributed by atoms with Crippen LogP contribution in [0.2, 0.25) is 5.02 Å². The second kappa shape index (κ2) is 7.23. The lowest BCUT2D eigenvalue weighted by Gasteiger charge is -2.25. The number of urea groups is 1. The van der Waals surface area contributed by atoms with Gasteiger partial charge in [-0.2, -0.15) is 5.10 Å². The van der Waals surface area contributed by atoms with E-state index in [9.17, 15) is 9.90 Å². The summed E-state index contributed by atoms with van der Waals surface area (Å²) >= 11 is 5.90. The molecule has 2 unspecified atom stereocenters. The number of aliphatic hydroxyl groups excluding tert-OH is 1. The fourth-order valence-corrected chi connectivity index (χ4v) is 3.17. The Labute approximate surface area is 146 Å². The number of aromatic nitrogens is 2. The van der Waals surface area contributed by atoms with E-state index in [-0.39, 0.29) is 18.7 Å². The average molecular weight is 349 g/mol. The van der Waals surface area contributed by atoms with Crippen LogP contribution in [0.25, 0.3) is 0 Å². The SMILES string of the molecule is CC1CCN(C(=O)Nc2ccnn2Cc2ccc(Cl)cc2)C1CO. The van der Waals surface area contributed by atoms with E-state index in [1.807, 2.05) is 24.3 Å². The van der Waals surface area contributed by atoms with E-state index in [0.717, 1.165) is 12.0 Å². The van der Waals surface area contributed by atoms with Gasteiger partial charge in [-0.1, -0.05) is 30.7 Å². The number of rotatable bonds is 4. The normalized spacial score (nSPS) is 20.4. The van der Waals surface area contributed by atoms with Crippen LogP contribution in [0.3, 0.4) is 0 Å². The van der Waals surface area contributed by atoms with Gasteiger partial charge in [0.1, 0.15) is 5.82 Å². The summed E-state index contributed by atoms with van der Waals surface area (Å²) in [7, 11) is 0. The molecule has 1 aromatic heterocycles. The maximum atomic E-state index is 12.5. The molecule has 2 N–H and O–H groups in total. The number of amides is 2. The van der Waals surface area contributed by atoms with Gasteiger partial charge >= 0.3 is 6.03 Å². The fourth-order valence-electron chi connectivity index (χ4n) is 3.05. The molecule has 1 fully saturated rings. The summed E-state index contributed by atoms with van der Waals surface area (Å²) in [4.78, 5) is 14.2. The molecule has 2 atom stereocenters. The third-order valence-electron chi connectivity index (χ3n) is 4.53. The first-order valence-corrected chi connectivity index (χ1v) is 8.41. The highest BCUT2D eigenvalue weighted by Crippen LogP contribution is 2.24. The van der Waals surface area contributed by atoms with Crippen molar-refractivity contribution in [2.24, 2.45) is 5.92 Å². The maximum Gasteiger partial charge on any atom is 0.323 e. The number of benzene rings is 1. The summed E-state index contributed by atoms with van der Waals surface area (Å²) in [6.07, 6.45) is 2.56. The number of likely N-dealkylation sites (tertiary alicyclic amines) is 1. The molecule has 1 aromatic carbocycles. The molecule has 2 amide bonds. The Kier molecular flexibility index (Phi) is 5.06.